The smallest absolute Gasteiger partial charge is 0.255 e. The van der Waals surface area contributed by atoms with Crippen molar-refractivity contribution in [2.45, 2.75) is 0 Å². The third-order valence-corrected chi connectivity index (χ3v) is 3.28. The van der Waals surface area contributed by atoms with Crippen LogP contribution in [0.15, 0.2) is 64.0 Å². The minimum atomic E-state index is -0.272. The minimum Gasteiger partial charge on any atom is -0.464 e. The Kier molecular flexibility index (Phi) is 3.46. The van der Waals surface area contributed by atoms with Gasteiger partial charge in [-0.3, -0.25) is 9.59 Å². The number of carbonyl (C=O) groups excluding carboxylic acids is 1. The third kappa shape index (κ3) is 2.80. The van der Waals surface area contributed by atoms with E-state index in [9.17, 15) is 9.59 Å². The number of carbonyl (C=O) groups is 1. The lowest BCUT2D eigenvalue weighted by atomic mass is 10.2. The van der Waals surface area contributed by atoms with Gasteiger partial charge in [0.05, 0.1) is 11.6 Å². The largest absolute Gasteiger partial charge is 0.464 e. The van der Waals surface area contributed by atoms with E-state index < -0.39 is 0 Å². The summed E-state index contributed by atoms with van der Waals surface area (Å²) in [5, 5.41) is 3.72. The van der Waals surface area contributed by atoms with E-state index in [1.165, 1.54) is 12.3 Å². The Morgan fingerprint density at radius 3 is 2.57 bits per heavy atom. The van der Waals surface area contributed by atoms with Crippen molar-refractivity contribution >= 4 is 34.2 Å². The number of fused-ring (bicyclic) bond motifs is 1. The van der Waals surface area contributed by atoms with E-state index >= 15 is 0 Å². The monoisotopic (exact) mass is 299 g/mol. The van der Waals surface area contributed by atoms with Crippen molar-refractivity contribution in [2.24, 2.45) is 0 Å². The van der Waals surface area contributed by atoms with Crippen LogP contribution in [-0.4, -0.2) is 5.91 Å². The second-order valence-electron chi connectivity index (χ2n) is 4.46. The molecule has 1 aromatic heterocycles. The van der Waals surface area contributed by atoms with Crippen LogP contribution in [0, 0.1) is 0 Å². The van der Waals surface area contributed by atoms with Gasteiger partial charge in [0.1, 0.15) is 5.58 Å². The van der Waals surface area contributed by atoms with E-state index in [1.54, 1.807) is 42.5 Å². The first-order chi connectivity index (χ1) is 10.1. The van der Waals surface area contributed by atoms with E-state index in [4.69, 9.17) is 16.0 Å². The molecule has 0 radical (unpaired) electrons. The summed E-state index contributed by atoms with van der Waals surface area (Å²) in [5.74, 6) is -0.272. The molecule has 1 amide bonds. The number of anilines is 1. The molecular weight excluding hydrogens is 290 g/mol. The molecule has 0 spiro atoms. The number of nitrogens with one attached hydrogen (secondary N) is 1. The first kappa shape index (κ1) is 13.4. The van der Waals surface area contributed by atoms with Crippen LogP contribution in [0.25, 0.3) is 11.0 Å². The van der Waals surface area contributed by atoms with Crippen LogP contribution < -0.4 is 10.7 Å². The molecule has 3 aromatic rings. The lowest BCUT2D eigenvalue weighted by Crippen LogP contribution is -2.12. The quantitative estimate of drug-likeness (QED) is 0.785. The highest BCUT2D eigenvalue weighted by atomic mass is 35.5. The van der Waals surface area contributed by atoms with E-state index in [2.05, 4.69) is 5.32 Å². The summed E-state index contributed by atoms with van der Waals surface area (Å²) >= 11 is 5.78. The lowest BCUT2D eigenvalue weighted by Gasteiger charge is -2.06. The van der Waals surface area contributed by atoms with Crippen LogP contribution in [0.5, 0.6) is 0 Å². The van der Waals surface area contributed by atoms with Gasteiger partial charge in [-0.15, -0.1) is 0 Å². The van der Waals surface area contributed by atoms with Gasteiger partial charge in [-0.1, -0.05) is 11.6 Å². The van der Waals surface area contributed by atoms with Crippen molar-refractivity contribution < 1.29 is 9.21 Å². The van der Waals surface area contributed by atoms with Crippen LogP contribution in [0.2, 0.25) is 5.02 Å². The van der Waals surface area contributed by atoms with Crippen molar-refractivity contribution in [3.05, 3.63) is 75.6 Å². The van der Waals surface area contributed by atoms with Crippen molar-refractivity contribution in [3.8, 4) is 0 Å². The van der Waals surface area contributed by atoms with Gasteiger partial charge in [0.25, 0.3) is 5.91 Å². The number of halogens is 1. The topological polar surface area (TPSA) is 59.3 Å². The van der Waals surface area contributed by atoms with Crippen molar-refractivity contribution in [1.29, 1.82) is 0 Å². The summed E-state index contributed by atoms with van der Waals surface area (Å²) in [5.41, 5.74) is 1.34. The summed E-state index contributed by atoms with van der Waals surface area (Å²) in [6, 6.07) is 12.8. The van der Waals surface area contributed by atoms with E-state index in [0.717, 1.165) is 0 Å². The lowest BCUT2D eigenvalue weighted by molar-refractivity contribution is 0.102. The molecular formula is C16H10ClNO3. The SMILES string of the molecule is O=C(Nc1ccc2occc(=O)c2c1)c1ccc(Cl)cc1. The summed E-state index contributed by atoms with van der Waals surface area (Å²) in [4.78, 5) is 23.8. The molecule has 0 saturated heterocycles. The Morgan fingerprint density at radius 1 is 1.05 bits per heavy atom. The van der Waals surface area contributed by atoms with Gasteiger partial charge in [-0.2, -0.15) is 0 Å². The van der Waals surface area contributed by atoms with Gasteiger partial charge in [-0.25, -0.2) is 0 Å². The Labute approximate surface area is 125 Å². The first-order valence-electron chi connectivity index (χ1n) is 6.22. The zero-order valence-corrected chi connectivity index (χ0v) is 11.6. The van der Waals surface area contributed by atoms with Crippen LogP contribution in [-0.2, 0) is 0 Å². The average molecular weight is 300 g/mol. The molecule has 104 valence electrons. The molecule has 0 aliphatic heterocycles. The molecule has 5 heteroatoms. The standard InChI is InChI=1S/C16H10ClNO3/c17-11-3-1-10(2-4-11)16(20)18-12-5-6-15-13(9-12)14(19)7-8-21-15/h1-9H,(H,18,20). The predicted molar refractivity (Wildman–Crippen MR) is 81.9 cm³/mol. The maximum absolute atomic E-state index is 12.1. The number of hydrogen-bond acceptors (Lipinski definition) is 3. The fourth-order valence-corrected chi connectivity index (χ4v) is 2.09. The van der Waals surface area contributed by atoms with E-state index in [-0.39, 0.29) is 11.3 Å². The summed E-state index contributed by atoms with van der Waals surface area (Å²) in [6.07, 6.45) is 1.34. The molecule has 0 atom stereocenters. The fourth-order valence-electron chi connectivity index (χ4n) is 1.97. The summed E-state index contributed by atoms with van der Waals surface area (Å²) in [6.45, 7) is 0. The zero-order chi connectivity index (χ0) is 14.8. The normalized spacial score (nSPS) is 10.5. The highest BCUT2D eigenvalue weighted by molar-refractivity contribution is 6.30. The van der Waals surface area contributed by atoms with Gasteiger partial charge in [0.2, 0.25) is 0 Å². The molecule has 1 heterocycles. The second-order valence-corrected chi connectivity index (χ2v) is 4.89. The molecule has 4 nitrogen and oxygen atoms in total. The molecule has 0 aliphatic carbocycles. The predicted octanol–water partition coefficient (Wildman–Crippen LogP) is 3.70. The second kappa shape index (κ2) is 5.42. The average Bonchev–Trinajstić information content (AvgIpc) is 2.49. The number of amides is 1. The summed E-state index contributed by atoms with van der Waals surface area (Å²) < 4.78 is 5.22. The van der Waals surface area contributed by atoms with Crippen molar-refractivity contribution in [2.75, 3.05) is 5.32 Å². The molecule has 0 aliphatic rings. The van der Waals surface area contributed by atoms with E-state index in [0.29, 0.717) is 27.2 Å². The molecule has 0 fully saturated rings. The maximum Gasteiger partial charge on any atom is 0.255 e. The Balaban J connectivity index is 1.91. The minimum absolute atomic E-state index is 0.154. The van der Waals surface area contributed by atoms with Gasteiger partial charge < -0.3 is 9.73 Å². The van der Waals surface area contributed by atoms with E-state index in [1.807, 2.05) is 0 Å². The Morgan fingerprint density at radius 2 is 1.81 bits per heavy atom. The van der Waals surface area contributed by atoms with Crippen LogP contribution in [0.3, 0.4) is 0 Å². The fraction of sp³-hybridized carbons (Fsp3) is 0. The Hall–Kier alpha value is -2.59. The highest BCUT2D eigenvalue weighted by Crippen LogP contribution is 2.17. The van der Waals surface area contributed by atoms with Crippen LogP contribution in [0.4, 0.5) is 5.69 Å². The van der Waals surface area contributed by atoms with Gasteiger partial charge >= 0.3 is 0 Å². The molecule has 21 heavy (non-hydrogen) atoms. The third-order valence-electron chi connectivity index (χ3n) is 3.02. The van der Waals surface area contributed by atoms with Crippen molar-refractivity contribution in [3.63, 3.8) is 0 Å². The maximum atomic E-state index is 12.1. The number of rotatable bonds is 2. The molecule has 0 bridgehead atoms. The van der Waals surface area contributed by atoms with Gasteiger partial charge in [-0.05, 0) is 42.5 Å². The Bertz CT molecular complexity index is 869. The number of hydrogen-bond donors (Lipinski definition) is 1. The molecule has 0 saturated carbocycles. The molecule has 2 aromatic carbocycles. The summed E-state index contributed by atoms with van der Waals surface area (Å²) in [7, 11) is 0. The molecule has 3 rings (SSSR count). The molecule has 0 unspecified atom stereocenters. The molecule has 1 N–H and O–H groups in total. The first-order valence-corrected chi connectivity index (χ1v) is 6.60. The number of benzene rings is 2. The van der Waals surface area contributed by atoms with Gasteiger partial charge in [0, 0.05) is 22.3 Å². The van der Waals surface area contributed by atoms with Crippen LogP contribution >= 0.6 is 11.6 Å². The van der Waals surface area contributed by atoms with Crippen LogP contribution in [0.1, 0.15) is 10.4 Å². The van der Waals surface area contributed by atoms with Crippen molar-refractivity contribution in [1.82, 2.24) is 0 Å². The van der Waals surface area contributed by atoms with Gasteiger partial charge in [0.15, 0.2) is 5.43 Å². The highest BCUT2D eigenvalue weighted by Gasteiger charge is 2.07. The zero-order valence-electron chi connectivity index (χ0n) is 10.8.